The summed E-state index contributed by atoms with van der Waals surface area (Å²) < 4.78 is 16.6. The van der Waals surface area contributed by atoms with Crippen LogP contribution in [-0.2, 0) is 22.6 Å². The third kappa shape index (κ3) is 5.22. The largest absolute Gasteiger partial charge is 0.326 e. The summed E-state index contributed by atoms with van der Waals surface area (Å²) in [5.41, 5.74) is 3.47. The molecule has 9 nitrogen and oxygen atoms in total. The van der Waals surface area contributed by atoms with Gasteiger partial charge >= 0.3 is 0 Å². The number of benzene rings is 1. The van der Waals surface area contributed by atoms with Crippen molar-refractivity contribution in [3.63, 3.8) is 0 Å². The lowest BCUT2D eigenvalue weighted by Crippen LogP contribution is -2.44. The number of aryl methyl sites for hydroxylation is 2. The van der Waals surface area contributed by atoms with Crippen molar-refractivity contribution in [2.45, 2.75) is 45.4 Å². The smallest absolute Gasteiger partial charge is 0.248 e. The van der Waals surface area contributed by atoms with Gasteiger partial charge in [0.1, 0.15) is 35.0 Å². The van der Waals surface area contributed by atoms with E-state index in [-0.39, 0.29) is 25.4 Å². The number of nitrogens with one attached hydrogen (secondary N) is 1. The van der Waals surface area contributed by atoms with Crippen LogP contribution in [0.5, 0.6) is 0 Å². The standard InChI is InChI=1S/C26H25BrFN7O2/c1-3-20-19-9-16(17-11-29-15(2)30-12-17)7-8-21(19)35(33-20)14-25(36)34-13-18(28)10-22(34)26(37)32-24-6-4-5-23(27)31-24/h4-9,11-12,18,22H,3,10,13-14H2,1-2H3,(H,31,32,37). The van der Waals surface area contributed by atoms with Crippen molar-refractivity contribution in [2.24, 2.45) is 0 Å². The number of halogens is 2. The zero-order chi connectivity index (χ0) is 26.1. The van der Waals surface area contributed by atoms with Crippen LogP contribution in [0.4, 0.5) is 10.2 Å². The summed E-state index contributed by atoms with van der Waals surface area (Å²) in [4.78, 5) is 40.3. The van der Waals surface area contributed by atoms with Crippen molar-refractivity contribution < 1.29 is 14.0 Å². The van der Waals surface area contributed by atoms with Crippen molar-refractivity contribution in [2.75, 3.05) is 11.9 Å². The molecule has 1 aliphatic rings. The maximum atomic E-state index is 14.4. The van der Waals surface area contributed by atoms with Crippen LogP contribution in [0, 0.1) is 6.92 Å². The van der Waals surface area contributed by atoms with Crippen molar-refractivity contribution in [3.8, 4) is 11.1 Å². The van der Waals surface area contributed by atoms with Crippen molar-refractivity contribution >= 4 is 44.5 Å². The Kier molecular flexibility index (Phi) is 6.96. The van der Waals surface area contributed by atoms with Crippen LogP contribution in [0.25, 0.3) is 22.0 Å². The lowest BCUT2D eigenvalue weighted by Gasteiger charge is -2.23. The topological polar surface area (TPSA) is 106 Å². The number of nitrogens with zero attached hydrogens (tertiary/aromatic N) is 6. The number of hydrogen-bond acceptors (Lipinski definition) is 6. The van der Waals surface area contributed by atoms with E-state index in [1.54, 1.807) is 35.3 Å². The Balaban J connectivity index is 1.38. The molecule has 0 aliphatic carbocycles. The molecular formula is C26H25BrFN7O2. The highest BCUT2D eigenvalue weighted by molar-refractivity contribution is 9.10. The van der Waals surface area contributed by atoms with E-state index in [4.69, 9.17) is 0 Å². The molecule has 1 aromatic carbocycles. The lowest BCUT2D eigenvalue weighted by molar-refractivity contribution is -0.137. The molecule has 1 N–H and O–H groups in total. The number of hydrogen-bond donors (Lipinski definition) is 1. The van der Waals surface area contributed by atoms with Crippen molar-refractivity contribution in [1.29, 1.82) is 0 Å². The number of anilines is 1. The number of fused-ring (bicyclic) bond motifs is 1. The van der Waals surface area contributed by atoms with Gasteiger partial charge in [0.15, 0.2) is 0 Å². The van der Waals surface area contributed by atoms with E-state index < -0.39 is 18.1 Å². The normalized spacial score (nSPS) is 17.4. The molecule has 2 amide bonds. The highest BCUT2D eigenvalue weighted by atomic mass is 79.9. The van der Waals surface area contributed by atoms with Gasteiger partial charge in [0.25, 0.3) is 0 Å². The Morgan fingerprint density at radius 3 is 2.68 bits per heavy atom. The zero-order valence-corrected chi connectivity index (χ0v) is 21.9. The molecule has 1 fully saturated rings. The summed E-state index contributed by atoms with van der Waals surface area (Å²) in [6.07, 6.45) is 2.88. The molecule has 11 heteroatoms. The Bertz CT molecular complexity index is 1470. The first-order chi connectivity index (χ1) is 17.8. The highest BCUT2D eigenvalue weighted by Crippen LogP contribution is 2.28. The van der Waals surface area contributed by atoms with Gasteiger partial charge in [-0.05, 0) is 59.1 Å². The Morgan fingerprint density at radius 2 is 1.95 bits per heavy atom. The Morgan fingerprint density at radius 1 is 1.16 bits per heavy atom. The summed E-state index contributed by atoms with van der Waals surface area (Å²) in [6.45, 7) is 3.59. The first-order valence-corrected chi connectivity index (χ1v) is 12.8. The van der Waals surface area contributed by atoms with Gasteiger partial charge < -0.3 is 10.2 Å². The number of rotatable bonds is 6. The van der Waals surface area contributed by atoms with Crippen LogP contribution in [0.3, 0.4) is 0 Å². The van der Waals surface area contributed by atoms with E-state index in [0.29, 0.717) is 22.7 Å². The fourth-order valence-corrected chi connectivity index (χ4v) is 4.91. The van der Waals surface area contributed by atoms with Crippen molar-refractivity contribution in [1.82, 2.24) is 29.6 Å². The number of carbonyl (C=O) groups excluding carboxylic acids is 2. The van der Waals surface area contributed by atoms with Crippen LogP contribution in [-0.4, -0.2) is 60.2 Å². The second-order valence-electron chi connectivity index (χ2n) is 8.94. The van der Waals surface area contributed by atoms with E-state index in [9.17, 15) is 14.0 Å². The van der Waals surface area contributed by atoms with Crippen LogP contribution in [0.2, 0.25) is 0 Å². The second kappa shape index (κ2) is 10.3. The molecule has 190 valence electrons. The van der Waals surface area contributed by atoms with Crippen molar-refractivity contribution in [3.05, 3.63) is 64.9 Å². The number of alkyl halides is 1. The lowest BCUT2D eigenvalue weighted by atomic mass is 10.1. The highest BCUT2D eigenvalue weighted by Gasteiger charge is 2.40. The number of likely N-dealkylation sites (tertiary alicyclic amines) is 1. The molecule has 2 atom stereocenters. The van der Waals surface area contributed by atoms with Gasteiger partial charge in [-0.3, -0.25) is 14.3 Å². The second-order valence-corrected chi connectivity index (χ2v) is 9.75. The van der Waals surface area contributed by atoms with E-state index in [0.717, 1.165) is 27.7 Å². The molecule has 0 spiro atoms. The minimum atomic E-state index is -1.28. The van der Waals surface area contributed by atoms with Crippen LogP contribution in [0.15, 0.2) is 53.4 Å². The molecule has 0 saturated carbocycles. The molecule has 2 unspecified atom stereocenters. The van der Waals surface area contributed by atoms with E-state index >= 15 is 0 Å². The molecular weight excluding hydrogens is 541 g/mol. The van der Waals surface area contributed by atoms with Gasteiger partial charge in [-0.2, -0.15) is 5.10 Å². The molecule has 0 bridgehead atoms. The van der Waals surface area contributed by atoms with Crippen LogP contribution < -0.4 is 5.32 Å². The SMILES string of the molecule is CCc1nn(CC(=O)N2CC(F)CC2C(=O)Nc2cccc(Br)n2)c2ccc(-c3cnc(C)nc3)cc12. The van der Waals surface area contributed by atoms with E-state index in [1.165, 1.54) is 4.90 Å². The number of pyridine rings is 1. The molecule has 0 radical (unpaired) electrons. The quantitative estimate of drug-likeness (QED) is 0.353. The average Bonchev–Trinajstić information content (AvgIpc) is 3.44. The van der Waals surface area contributed by atoms with Gasteiger partial charge in [-0.15, -0.1) is 0 Å². The maximum Gasteiger partial charge on any atom is 0.248 e. The molecule has 4 aromatic rings. The minimum absolute atomic E-state index is 0.0619. The number of carbonyl (C=O) groups is 2. The average molecular weight is 566 g/mol. The fourth-order valence-electron chi connectivity index (χ4n) is 4.56. The monoisotopic (exact) mass is 565 g/mol. The van der Waals surface area contributed by atoms with E-state index in [1.807, 2.05) is 32.0 Å². The number of aromatic nitrogens is 5. The van der Waals surface area contributed by atoms with Crippen LogP contribution in [0.1, 0.15) is 24.9 Å². The van der Waals surface area contributed by atoms with E-state index in [2.05, 4.69) is 41.3 Å². The fraction of sp³-hybridized carbons (Fsp3) is 0.308. The summed E-state index contributed by atoms with van der Waals surface area (Å²) in [6, 6.07) is 10.0. The first-order valence-electron chi connectivity index (χ1n) is 12.0. The van der Waals surface area contributed by atoms with Gasteiger partial charge in [0, 0.05) is 29.8 Å². The summed E-state index contributed by atoms with van der Waals surface area (Å²) in [5.74, 6) is 0.187. The molecule has 5 rings (SSSR count). The molecule has 1 aliphatic heterocycles. The summed E-state index contributed by atoms with van der Waals surface area (Å²) in [5, 5.41) is 8.28. The van der Waals surface area contributed by atoms with Gasteiger partial charge in [0.2, 0.25) is 11.8 Å². The molecule has 4 heterocycles. The first kappa shape index (κ1) is 24.9. The number of amides is 2. The molecule has 3 aromatic heterocycles. The molecule has 1 saturated heterocycles. The van der Waals surface area contributed by atoms with Gasteiger partial charge in [-0.1, -0.05) is 19.1 Å². The maximum absolute atomic E-state index is 14.4. The zero-order valence-electron chi connectivity index (χ0n) is 20.4. The predicted molar refractivity (Wildman–Crippen MR) is 140 cm³/mol. The summed E-state index contributed by atoms with van der Waals surface area (Å²) >= 11 is 3.26. The Labute approximate surface area is 221 Å². The summed E-state index contributed by atoms with van der Waals surface area (Å²) in [7, 11) is 0. The van der Waals surface area contributed by atoms with Gasteiger partial charge in [-0.25, -0.2) is 19.3 Å². The van der Waals surface area contributed by atoms with Gasteiger partial charge in [0.05, 0.1) is 17.8 Å². The minimum Gasteiger partial charge on any atom is -0.326 e. The van der Waals surface area contributed by atoms with Crippen LogP contribution >= 0.6 is 15.9 Å². The third-order valence-electron chi connectivity index (χ3n) is 6.40. The molecule has 37 heavy (non-hydrogen) atoms. The third-order valence-corrected chi connectivity index (χ3v) is 6.84. The predicted octanol–water partition coefficient (Wildman–Crippen LogP) is 4.10. The Hall–Kier alpha value is -3.73.